The number of ether oxygens (including phenoxy) is 3. The summed E-state index contributed by atoms with van der Waals surface area (Å²) in [4.78, 5) is 50.0. The molecular formula is C40H46Cl2FN3O7S. The molecule has 1 aromatic heterocycles. The number of rotatable bonds is 17. The first kappa shape index (κ1) is 42.7. The van der Waals surface area contributed by atoms with Gasteiger partial charge in [0.1, 0.15) is 17.3 Å². The van der Waals surface area contributed by atoms with Crippen molar-refractivity contribution in [2.24, 2.45) is 0 Å². The van der Waals surface area contributed by atoms with Crippen molar-refractivity contribution in [2.75, 3.05) is 23.9 Å². The van der Waals surface area contributed by atoms with Gasteiger partial charge in [0.25, 0.3) is 11.8 Å². The zero-order chi connectivity index (χ0) is 38.9. The van der Waals surface area contributed by atoms with Crippen LogP contribution in [-0.4, -0.2) is 52.2 Å². The van der Waals surface area contributed by atoms with Crippen molar-refractivity contribution in [3.05, 3.63) is 75.7 Å². The van der Waals surface area contributed by atoms with E-state index < -0.39 is 30.2 Å². The summed E-state index contributed by atoms with van der Waals surface area (Å²) in [5.41, 5.74) is 2.02. The van der Waals surface area contributed by atoms with Gasteiger partial charge in [-0.2, -0.15) is 0 Å². The summed E-state index contributed by atoms with van der Waals surface area (Å²) in [6, 6.07) is 13.1. The Kier molecular flexibility index (Phi) is 17.7. The molecule has 1 aliphatic heterocycles. The number of anilines is 1. The Morgan fingerprint density at radius 3 is 2.17 bits per heavy atom. The molecule has 2 amide bonds. The van der Waals surface area contributed by atoms with Crippen molar-refractivity contribution in [3.8, 4) is 22.8 Å². The zero-order valence-corrected chi connectivity index (χ0v) is 33.0. The predicted molar refractivity (Wildman–Crippen MR) is 210 cm³/mol. The van der Waals surface area contributed by atoms with Crippen molar-refractivity contribution in [1.29, 1.82) is 0 Å². The molecule has 2 aliphatic rings. The number of thioether (sulfide) groups is 1. The highest BCUT2D eigenvalue weighted by Gasteiger charge is 2.41. The minimum Gasteiger partial charge on any atom is -0.480 e. The van der Waals surface area contributed by atoms with Crippen LogP contribution in [0.25, 0.3) is 11.3 Å². The van der Waals surface area contributed by atoms with Gasteiger partial charge in [0, 0.05) is 34.6 Å². The fourth-order valence-corrected chi connectivity index (χ4v) is 6.86. The maximum atomic E-state index is 14.5. The van der Waals surface area contributed by atoms with E-state index in [2.05, 4.69) is 17.1 Å². The summed E-state index contributed by atoms with van der Waals surface area (Å²) in [6.07, 6.45) is 12.6. The summed E-state index contributed by atoms with van der Waals surface area (Å²) in [7, 11) is 0. The van der Waals surface area contributed by atoms with Crippen LogP contribution >= 0.6 is 35.0 Å². The Morgan fingerprint density at radius 2 is 1.48 bits per heavy atom. The predicted octanol–water partition coefficient (Wildman–Crippen LogP) is 10.7. The number of carbonyl (C=O) groups is 4. The number of halogens is 3. The maximum Gasteiger partial charge on any atom is 0.372 e. The molecule has 1 aliphatic carbocycles. The van der Waals surface area contributed by atoms with Gasteiger partial charge in [-0.15, -0.1) is 10.2 Å². The fourth-order valence-electron chi connectivity index (χ4n) is 5.86. The third-order valence-corrected chi connectivity index (χ3v) is 9.97. The molecule has 0 saturated heterocycles. The molecule has 0 saturated carbocycles. The fraction of sp³-hybridized carbons (Fsp3) is 0.450. The third-order valence-electron chi connectivity index (χ3n) is 8.68. The monoisotopic (exact) mass is 801 g/mol. The molecule has 0 bridgehead atoms. The normalized spacial score (nSPS) is 13.7. The Balaban J connectivity index is 0.000000244. The molecule has 0 radical (unpaired) electrons. The first-order valence-electron chi connectivity index (χ1n) is 18.5. The summed E-state index contributed by atoms with van der Waals surface area (Å²) in [5, 5.41) is 7.71. The van der Waals surface area contributed by atoms with Crippen molar-refractivity contribution in [3.63, 3.8) is 0 Å². The lowest BCUT2D eigenvalue weighted by molar-refractivity contribution is -0.146. The molecule has 0 fully saturated rings. The maximum absolute atomic E-state index is 14.5. The number of unbranched alkanes of at least 4 members (excludes halogenated alkanes) is 7. The van der Waals surface area contributed by atoms with Crippen LogP contribution in [0.3, 0.4) is 0 Å². The van der Waals surface area contributed by atoms with Gasteiger partial charge in [0.2, 0.25) is 0 Å². The molecule has 0 N–H and O–H groups in total. The van der Waals surface area contributed by atoms with E-state index in [0.717, 1.165) is 67.2 Å². The van der Waals surface area contributed by atoms with Crippen LogP contribution < -0.4 is 14.4 Å². The van der Waals surface area contributed by atoms with Gasteiger partial charge in [0.15, 0.2) is 17.5 Å². The first-order chi connectivity index (χ1) is 26.1. The van der Waals surface area contributed by atoms with Crippen molar-refractivity contribution >= 4 is 63.7 Å². The van der Waals surface area contributed by atoms with Gasteiger partial charge in [0.05, 0.1) is 17.3 Å². The molecule has 2 aromatic carbocycles. The van der Waals surface area contributed by atoms with E-state index in [-0.39, 0.29) is 26.9 Å². The van der Waals surface area contributed by atoms with Crippen LogP contribution in [0.1, 0.15) is 97.3 Å². The number of aromatic nitrogens is 2. The Bertz CT molecular complexity index is 1770. The van der Waals surface area contributed by atoms with Crippen LogP contribution in [0.5, 0.6) is 11.5 Å². The van der Waals surface area contributed by atoms with Crippen LogP contribution in [0.4, 0.5) is 14.9 Å². The van der Waals surface area contributed by atoms with Gasteiger partial charge in [-0.25, -0.2) is 18.9 Å². The molecule has 290 valence electrons. The molecular weight excluding hydrogens is 756 g/mol. The van der Waals surface area contributed by atoms with E-state index in [1.807, 2.05) is 37.3 Å². The molecule has 0 unspecified atom stereocenters. The third kappa shape index (κ3) is 12.5. The minimum atomic E-state index is -0.814. The lowest BCUT2D eigenvalue weighted by Gasteiger charge is -2.18. The number of amides is 2. The molecule has 2 heterocycles. The quantitative estimate of drug-likeness (QED) is 0.0740. The molecule has 0 atom stereocenters. The van der Waals surface area contributed by atoms with Crippen LogP contribution in [-0.2, 0) is 19.1 Å². The average Bonchev–Trinajstić information content (AvgIpc) is 3.42. The van der Waals surface area contributed by atoms with Gasteiger partial charge < -0.3 is 14.2 Å². The van der Waals surface area contributed by atoms with Gasteiger partial charge >= 0.3 is 11.3 Å². The van der Waals surface area contributed by atoms with Crippen LogP contribution in [0.15, 0.2) is 59.7 Å². The summed E-state index contributed by atoms with van der Waals surface area (Å²) in [6.45, 7) is 4.14. The van der Waals surface area contributed by atoms with E-state index in [1.165, 1.54) is 49.6 Å². The lowest BCUT2D eigenvalue weighted by atomic mass is 9.93. The molecule has 3 aromatic rings. The molecule has 5 rings (SSSR count). The van der Waals surface area contributed by atoms with E-state index in [1.54, 1.807) is 0 Å². The van der Waals surface area contributed by atoms with E-state index >= 15 is 0 Å². The second-order valence-electron chi connectivity index (χ2n) is 12.8. The first-order valence-corrected chi connectivity index (χ1v) is 20.2. The summed E-state index contributed by atoms with van der Waals surface area (Å²) >= 11 is 13.1. The van der Waals surface area contributed by atoms with Crippen molar-refractivity contribution in [2.45, 2.75) is 97.3 Å². The highest BCUT2D eigenvalue weighted by Crippen LogP contribution is 2.39. The SMILES string of the molecule is CCCCCCCCSC(=O)Oc1cc(Cl)nnc1-c1ccccc1.CCCCCOC(=O)COc1cc(N2C(=O)C3=C(CCCC3)C2=O)c(F)cc1Cl. The van der Waals surface area contributed by atoms with Gasteiger partial charge in [-0.3, -0.25) is 9.59 Å². The standard InChI is InChI=1S/C21H23ClFNO5.C19H23ClN2O2S/c1-2-3-6-9-28-19(25)12-29-18-11-17(16(23)10-15(18)22)24-20(26)13-7-4-5-8-14(13)21(24)27;1-2-3-4-5-6-10-13-25-19(23)24-16-14-17(20)21-22-18(16)15-11-8-7-9-12-15/h10-11H,2-9,12H2,1H3;7-9,11-12,14H,2-6,10,13H2,1H3. The molecule has 54 heavy (non-hydrogen) atoms. The topological polar surface area (TPSA) is 125 Å². The minimum absolute atomic E-state index is 0.000883. The lowest BCUT2D eigenvalue weighted by Crippen LogP contribution is -2.32. The summed E-state index contributed by atoms with van der Waals surface area (Å²) < 4.78 is 30.4. The van der Waals surface area contributed by atoms with Crippen LogP contribution in [0, 0.1) is 5.82 Å². The van der Waals surface area contributed by atoms with Gasteiger partial charge in [-0.05, 0) is 56.4 Å². The van der Waals surface area contributed by atoms with Gasteiger partial charge in [-0.1, -0.05) is 112 Å². The van der Waals surface area contributed by atoms with Crippen molar-refractivity contribution in [1.82, 2.24) is 10.2 Å². The highest BCUT2D eigenvalue weighted by atomic mass is 35.5. The number of nitrogens with zero attached hydrogens (tertiary/aromatic N) is 3. The largest absolute Gasteiger partial charge is 0.480 e. The number of esters is 1. The highest BCUT2D eigenvalue weighted by molar-refractivity contribution is 8.13. The summed E-state index contributed by atoms with van der Waals surface area (Å²) in [5.74, 6) is -1.30. The average molecular weight is 803 g/mol. The number of benzene rings is 2. The molecule has 14 heteroatoms. The van der Waals surface area contributed by atoms with Crippen LogP contribution in [0.2, 0.25) is 10.2 Å². The van der Waals surface area contributed by atoms with E-state index in [4.69, 9.17) is 37.4 Å². The second-order valence-corrected chi connectivity index (χ2v) is 14.6. The Hall–Kier alpha value is -4.00. The number of hydrogen-bond acceptors (Lipinski definition) is 10. The smallest absolute Gasteiger partial charge is 0.372 e. The van der Waals surface area contributed by atoms with Crippen molar-refractivity contribution < 1.29 is 37.8 Å². The Morgan fingerprint density at radius 1 is 0.833 bits per heavy atom. The molecule has 0 spiro atoms. The second kappa shape index (κ2) is 22.4. The molecule has 10 nitrogen and oxygen atoms in total. The Labute approximate surface area is 330 Å². The number of imide groups is 1. The zero-order valence-electron chi connectivity index (χ0n) is 30.7. The van der Waals surface area contributed by atoms with E-state index in [9.17, 15) is 23.6 Å². The van der Waals surface area contributed by atoms with E-state index in [0.29, 0.717) is 42.0 Å². The number of hydrogen-bond donors (Lipinski definition) is 0. The number of carbonyl (C=O) groups excluding carboxylic acids is 4.